The number of ether oxygens (including phenoxy) is 2. The molecule has 0 aromatic heterocycles. The van der Waals surface area contributed by atoms with Gasteiger partial charge in [0.05, 0.1) is 18.2 Å². The second-order valence-electron chi connectivity index (χ2n) is 7.19. The van der Waals surface area contributed by atoms with Gasteiger partial charge < -0.3 is 9.47 Å². The minimum atomic E-state index is -0.405. The standard InChI is InChI=1S/C23H21BrClFO2/c1-23(2,17-9-10-19(24)20(25)13-17)15-27-14-16-8-11-21(26)22(12-16)28-18-6-4-3-5-7-18/h3-13H,14-15H2,1-2H3. The maximum Gasteiger partial charge on any atom is 0.165 e. The second kappa shape index (κ2) is 9.08. The van der Waals surface area contributed by atoms with Gasteiger partial charge in [0.15, 0.2) is 11.6 Å². The maximum atomic E-state index is 14.1. The molecule has 3 rings (SSSR count). The predicted molar refractivity (Wildman–Crippen MR) is 115 cm³/mol. The van der Waals surface area contributed by atoms with Crippen molar-refractivity contribution in [1.82, 2.24) is 0 Å². The molecule has 3 aromatic carbocycles. The monoisotopic (exact) mass is 462 g/mol. The van der Waals surface area contributed by atoms with E-state index < -0.39 is 5.82 Å². The second-order valence-corrected chi connectivity index (χ2v) is 8.45. The SMILES string of the molecule is CC(C)(COCc1ccc(F)c(Oc2ccccc2)c1)c1ccc(Br)c(Cl)c1. The van der Waals surface area contributed by atoms with Crippen molar-refractivity contribution >= 4 is 27.5 Å². The molecule has 0 fully saturated rings. The Kier molecular flexibility index (Phi) is 6.76. The molecule has 2 nitrogen and oxygen atoms in total. The third-order valence-electron chi connectivity index (χ3n) is 4.40. The lowest BCUT2D eigenvalue weighted by molar-refractivity contribution is 0.0823. The number of halogens is 3. The normalized spacial score (nSPS) is 11.5. The summed E-state index contributed by atoms with van der Waals surface area (Å²) in [4.78, 5) is 0. The van der Waals surface area contributed by atoms with Crippen LogP contribution in [0.4, 0.5) is 4.39 Å². The summed E-state index contributed by atoms with van der Waals surface area (Å²) >= 11 is 9.62. The molecule has 3 aromatic rings. The van der Waals surface area contributed by atoms with Crippen molar-refractivity contribution in [2.24, 2.45) is 0 Å². The molecule has 0 radical (unpaired) electrons. The highest BCUT2D eigenvalue weighted by Crippen LogP contribution is 2.31. The summed E-state index contributed by atoms with van der Waals surface area (Å²) in [5.41, 5.74) is 1.72. The lowest BCUT2D eigenvalue weighted by Crippen LogP contribution is -2.24. The lowest BCUT2D eigenvalue weighted by atomic mass is 9.85. The van der Waals surface area contributed by atoms with Crippen LogP contribution in [0, 0.1) is 5.82 Å². The third kappa shape index (κ3) is 5.34. The lowest BCUT2D eigenvalue weighted by Gasteiger charge is -2.25. The summed E-state index contributed by atoms with van der Waals surface area (Å²) in [6, 6.07) is 19.8. The Balaban J connectivity index is 1.64. The molecule has 5 heteroatoms. The fourth-order valence-corrected chi connectivity index (χ4v) is 3.18. The van der Waals surface area contributed by atoms with Gasteiger partial charge in [-0.1, -0.05) is 55.8 Å². The van der Waals surface area contributed by atoms with E-state index >= 15 is 0 Å². The Morgan fingerprint density at radius 3 is 2.46 bits per heavy atom. The van der Waals surface area contributed by atoms with E-state index in [0.717, 1.165) is 15.6 Å². The van der Waals surface area contributed by atoms with Crippen molar-refractivity contribution in [3.8, 4) is 11.5 Å². The van der Waals surface area contributed by atoms with E-state index in [-0.39, 0.29) is 11.2 Å². The highest BCUT2D eigenvalue weighted by molar-refractivity contribution is 9.10. The zero-order chi connectivity index (χ0) is 20.1. The van der Waals surface area contributed by atoms with Gasteiger partial charge in [-0.15, -0.1) is 0 Å². The number of hydrogen-bond acceptors (Lipinski definition) is 2. The van der Waals surface area contributed by atoms with E-state index in [0.29, 0.717) is 24.0 Å². The first-order valence-corrected chi connectivity index (χ1v) is 10.1. The van der Waals surface area contributed by atoms with Crippen LogP contribution in [0.3, 0.4) is 0 Å². The first-order chi connectivity index (χ1) is 13.3. The molecular formula is C23H21BrClFO2. The number of hydrogen-bond donors (Lipinski definition) is 0. The zero-order valence-corrected chi connectivity index (χ0v) is 18.1. The minimum Gasteiger partial charge on any atom is -0.454 e. The number of para-hydroxylation sites is 1. The van der Waals surface area contributed by atoms with E-state index in [1.165, 1.54) is 6.07 Å². The average molecular weight is 464 g/mol. The van der Waals surface area contributed by atoms with Gasteiger partial charge in [-0.05, 0) is 63.5 Å². The van der Waals surface area contributed by atoms with Crippen molar-refractivity contribution in [2.45, 2.75) is 25.9 Å². The first kappa shape index (κ1) is 20.8. The quantitative estimate of drug-likeness (QED) is 0.360. The van der Waals surface area contributed by atoms with Crippen LogP contribution in [-0.2, 0) is 16.8 Å². The fourth-order valence-electron chi connectivity index (χ4n) is 2.76. The van der Waals surface area contributed by atoms with Gasteiger partial charge in [0.25, 0.3) is 0 Å². The number of benzene rings is 3. The fraction of sp³-hybridized carbons (Fsp3) is 0.217. The predicted octanol–water partition coefficient (Wildman–Crippen LogP) is 7.53. The smallest absolute Gasteiger partial charge is 0.165 e. The molecule has 0 amide bonds. The van der Waals surface area contributed by atoms with Crippen molar-refractivity contribution in [3.05, 3.63) is 93.2 Å². The molecule has 146 valence electrons. The molecule has 0 heterocycles. The minimum absolute atomic E-state index is 0.186. The van der Waals surface area contributed by atoms with Gasteiger partial charge in [0.2, 0.25) is 0 Å². The zero-order valence-electron chi connectivity index (χ0n) is 15.7. The molecule has 0 unspecified atom stereocenters. The summed E-state index contributed by atoms with van der Waals surface area (Å²) in [5.74, 6) is 0.372. The van der Waals surface area contributed by atoms with Crippen molar-refractivity contribution < 1.29 is 13.9 Å². The summed E-state index contributed by atoms with van der Waals surface area (Å²) in [6.45, 7) is 5.05. The highest BCUT2D eigenvalue weighted by Gasteiger charge is 2.22. The van der Waals surface area contributed by atoms with Gasteiger partial charge in [-0.3, -0.25) is 0 Å². The van der Waals surface area contributed by atoms with Crippen LogP contribution in [0.5, 0.6) is 11.5 Å². The van der Waals surface area contributed by atoms with Crippen LogP contribution in [0.25, 0.3) is 0 Å². The van der Waals surface area contributed by atoms with Crippen molar-refractivity contribution in [3.63, 3.8) is 0 Å². The molecule has 0 saturated carbocycles. The van der Waals surface area contributed by atoms with Gasteiger partial charge in [0.1, 0.15) is 5.75 Å². The molecular weight excluding hydrogens is 443 g/mol. The molecule has 28 heavy (non-hydrogen) atoms. The molecule has 0 N–H and O–H groups in total. The summed E-state index contributed by atoms with van der Waals surface area (Å²) in [7, 11) is 0. The van der Waals surface area contributed by atoms with Crippen LogP contribution < -0.4 is 4.74 Å². The highest BCUT2D eigenvalue weighted by atomic mass is 79.9. The Bertz CT molecular complexity index is 945. The largest absolute Gasteiger partial charge is 0.454 e. The maximum absolute atomic E-state index is 14.1. The van der Waals surface area contributed by atoms with E-state index in [4.69, 9.17) is 21.1 Å². The Morgan fingerprint density at radius 1 is 1.00 bits per heavy atom. The van der Waals surface area contributed by atoms with E-state index in [1.807, 2.05) is 36.4 Å². The third-order valence-corrected chi connectivity index (χ3v) is 5.63. The molecule has 0 atom stereocenters. The van der Waals surface area contributed by atoms with Gasteiger partial charge in [0, 0.05) is 9.89 Å². The van der Waals surface area contributed by atoms with Crippen LogP contribution in [-0.4, -0.2) is 6.61 Å². The van der Waals surface area contributed by atoms with Crippen LogP contribution in [0.2, 0.25) is 5.02 Å². The van der Waals surface area contributed by atoms with Gasteiger partial charge in [-0.2, -0.15) is 0 Å². The number of rotatable bonds is 7. The molecule has 0 bridgehead atoms. The summed E-state index contributed by atoms with van der Waals surface area (Å²) < 4.78 is 26.5. The molecule has 0 saturated heterocycles. The summed E-state index contributed by atoms with van der Waals surface area (Å²) in [5, 5.41) is 0.673. The Labute approximate surface area is 178 Å². The summed E-state index contributed by atoms with van der Waals surface area (Å²) in [6.07, 6.45) is 0. The van der Waals surface area contributed by atoms with Gasteiger partial charge in [-0.25, -0.2) is 4.39 Å². The van der Waals surface area contributed by atoms with Crippen LogP contribution in [0.15, 0.2) is 71.2 Å². The van der Waals surface area contributed by atoms with Crippen LogP contribution >= 0.6 is 27.5 Å². The van der Waals surface area contributed by atoms with E-state index in [1.54, 1.807) is 24.3 Å². The van der Waals surface area contributed by atoms with E-state index in [2.05, 4.69) is 29.8 Å². The first-order valence-electron chi connectivity index (χ1n) is 8.90. The Hall–Kier alpha value is -1.88. The molecule has 0 aliphatic carbocycles. The van der Waals surface area contributed by atoms with Crippen LogP contribution in [0.1, 0.15) is 25.0 Å². The molecule has 0 aliphatic heterocycles. The topological polar surface area (TPSA) is 18.5 Å². The molecule has 0 aliphatic rings. The van der Waals surface area contributed by atoms with E-state index in [9.17, 15) is 4.39 Å². The van der Waals surface area contributed by atoms with Gasteiger partial charge >= 0.3 is 0 Å². The Morgan fingerprint density at radius 2 is 1.75 bits per heavy atom. The van der Waals surface area contributed by atoms with Crippen molar-refractivity contribution in [2.75, 3.05) is 6.61 Å². The van der Waals surface area contributed by atoms with Crippen molar-refractivity contribution in [1.29, 1.82) is 0 Å². The average Bonchev–Trinajstić information content (AvgIpc) is 2.67. The molecule has 0 spiro atoms.